The molecule has 0 atom stereocenters. The number of aromatic nitrogens is 1. The third kappa shape index (κ3) is 4.22. The van der Waals surface area contributed by atoms with Crippen molar-refractivity contribution in [1.29, 1.82) is 0 Å². The molecule has 0 radical (unpaired) electrons. The highest BCUT2D eigenvalue weighted by atomic mass is 32.1. The number of thiazole rings is 1. The molecule has 0 aliphatic carbocycles. The molecule has 4 rings (SSSR count). The zero-order valence-corrected chi connectivity index (χ0v) is 16.1. The van der Waals surface area contributed by atoms with Crippen LogP contribution in [0.1, 0.15) is 18.4 Å². The number of carbonyl (C=O) groups excluding carboxylic acids is 1. The lowest BCUT2D eigenvalue weighted by Crippen LogP contribution is -2.42. The van der Waals surface area contributed by atoms with Gasteiger partial charge < -0.3 is 14.4 Å². The van der Waals surface area contributed by atoms with Gasteiger partial charge in [0, 0.05) is 25.9 Å². The smallest absolute Gasteiger partial charge is 0.274 e. The molecule has 0 N–H and O–H groups in total. The average molecular weight is 382 g/mol. The van der Waals surface area contributed by atoms with Gasteiger partial charge in [0.1, 0.15) is 11.9 Å². The number of hydrogen-bond donors (Lipinski definition) is 0. The van der Waals surface area contributed by atoms with E-state index in [2.05, 4.69) is 11.1 Å². The number of methoxy groups -OCH3 is 1. The summed E-state index contributed by atoms with van der Waals surface area (Å²) in [6.45, 7) is 1.44. The van der Waals surface area contributed by atoms with Crippen molar-refractivity contribution in [3.63, 3.8) is 0 Å². The second-order valence-corrected chi connectivity index (χ2v) is 7.67. The lowest BCUT2D eigenvalue weighted by atomic mass is 10.1. The van der Waals surface area contributed by atoms with Gasteiger partial charge in [-0.2, -0.15) is 0 Å². The summed E-state index contributed by atoms with van der Waals surface area (Å²) in [7, 11) is 1.64. The van der Waals surface area contributed by atoms with E-state index in [1.165, 1.54) is 0 Å². The molecule has 1 fully saturated rings. The van der Waals surface area contributed by atoms with E-state index in [0.29, 0.717) is 6.42 Å². The van der Waals surface area contributed by atoms with Gasteiger partial charge in [0.2, 0.25) is 5.91 Å². The first-order valence-electron chi connectivity index (χ1n) is 9.14. The van der Waals surface area contributed by atoms with Gasteiger partial charge in [-0.15, -0.1) is 0 Å². The second-order valence-electron chi connectivity index (χ2n) is 6.67. The number of piperidine rings is 1. The summed E-state index contributed by atoms with van der Waals surface area (Å²) in [5.74, 6) is 0.935. The first kappa shape index (κ1) is 17.8. The highest BCUT2D eigenvalue weighted by Gasteiger charge is 2.24. The predicted molar refractivity (Wildman–Crippen MR) is 107 cm³/mol. The van der Waals surface area contributed by atoms with Crippen molar-refractivity contribution in [3.8, 4) is 10.9 Å². The Balaban J connectivity index is 1.30. The van der Waals surface area contributed by atoms with Crippen LogP contribution in [0.5, 0.6) is 10.9 Å². The zero-order valence-electron chi connectivity index (χ0n) is 15.3. The number of rotatable bonds is 5. The molecule has 1 aliphatic rings. The quantitative estimate of drug-likeness (QED) is 0.671. The number of hydrogen-bond acceptors (Lipinski definition) is 5. The van der Waals surface area contributed by atoms with Gasteiger partial charge in [0.15, 0.2) is 0 Å². The molecule has 0 spiro atoms. The molecule has 3 aromatic rings. The normalized spacial score (nSPS) is 15.1. The third-order valence-electron chi connectivity index (χ3n) is 4.83. The maximum atomic E-state index is 12.6. The Labute approximate surface area is 162 Å². The number of amides is 1. The maximum absolute atomic E-state index is 12.6. The van der Waals surface area contributed by atoms with Crippen LogP contribution in [0.4, 0.5) is 0 Å². The first-order valence-corrected chi connectivity index (χ1v) is 9.96. The minimum absolute atomic E-state index is 0.117. The topological polar surface area (TPSA) is 51.7 Å². The Morgan fingerprint density at radius 3 is 2.78 bits per heavy atom. The summed E-state index contributed by atoms with van der Waals surface area (Å²) in [4.78, 5) is 19.0. The summed E-state index contributed by atoms with van der Waals surface area (Å²) in [6, 6.07) is 15.7. The van der Waals surface area contributed by atoms with Gasteiger partial charge >= 0.3 is 0 Å². The number of nitrogens with zero attached hydrogens (tertiary/aromatic N) is 2. The molecule has 6 heteroatoms. The number of ether oxygens (including phenoxy) is 2. The Bertz CT molecular complexity index is 899. The van der Waals surface area contributed by atoms with Gasteiger partial charge in [-0.25, -0.2) is 4.98 Å². The summed E-state index contributed by atoms with van der Waals surface area (Å²) in [5.41, 5.74) is 1.95. The van der Waals surface area contributed by atoms with E-state index in [-0.39, 0.29) is 12.0 Å². The number of carbonyl (C=O) groups is 1. The Morgan fingerprint density at radius 1 is 1.19 bits per heavy atom. The van der Waals surface area contributed by atoms with E-state index >= 15 is 0 Å². The van der Waals surface area contributed by atoms with Gasteiger partial charge in [0.25, 0.3) is 5.19 Å². The van der Waals surface area contributed by atoms with E-state index in [0.717, 1.165) is 52.7 Å². The van der Waals surface area contributed by atoms with Crippen molar-refractivity contribution >= 4 is 27.5 Å². The lowest BCUT2D eigenvalue weighted by molar-refractivity contribution is -0.132. The molecule has 0 saturated carbocycles. The molecule has 140 valence electrons. The predicted octanol–water partition coefficient (Wildman–Crippen LogP) is 3.92. The van der Waals surface area contributed by atoms with Crippen LogP contribution in [-0.4, -0.2) is 42.1 Å². The molecule has 5 nitrogen and oxygen atoms in total. The largest absolute Gasteiger partial charge is 0.497 e. The molecule has 0 bridgehead atoms. The van der Waals surface area contributed by atoms with E-state index < -0.39 is 0 Å². The zero-order chi connectivity index (χ0) is 18.6. The Morgan fingerprint density at radius 2 is 2.00 bits per heavy atom. The highest BCUT2D eigenvalue weighted by molar-refractivity contribution is 7.20. The third-order valence-corrected chi connectivity index (χ3v) is 5.75. The molecule has 1 amide bonds. The van der Waals surface area contributed by atoms with Crippen LogP contribution in [0.2, 0.25) is 0 Å². The van der Waals surface area contributed by atoms with Crippen LogP contribution in [0.15, 0.2) is 48.5 Å². The SMILES string of the molecule is COc1cccc(CC(=O)N2CCC(Oc3nc4ccccc4s3)CC2)c1. The Kier molecular flexibility index (Phi) is 5.25. The van der Waals surface area contributed by atoms with Gasteiger partial charge in [-0.05, 0) is 29.8 Å². The minimum atomic E-state index is 0.117. The molecule has 2 aromatic carbocycles. The van der Waals surface area contributed by atoms with Crippen molar-refractivity contribution in [2.45, 2.75) is 25.4 Å². The summed E-state index contributed by atoms with van der Waals surface area (Å²) >= 11 is 1.58. The summed E-state index contributed by atoms with van der Waals surface area (Å²) in [5, 5.41) is 0.720. The molecule has 0 unspecified atom stereocenters. The average Bonchev–Trinajstić information content (AvgIpc) is 3.11. The van der Waals surface area contributed by atoms with Crippen molar-refractivity contribution in [2.75, 3.05) is 20.2 Å². The van der Waals surface area contributed by atoms with Gasteiger partial charge in [-0.3, -0.25) is 4.79 Å². The van der Waals surface area contributed by atoms with Crippen molar-refractivity contribution in [1.82, 2.24) is 9.88 Å². The fraction of sp³-hybridized carbons (Fsp3) is 0.333. The van der Waals surface area contributed by atoms with Gasteiger partial charge in [0.05, 0.1) is 23.7 Å². The number of benzene rings is 2. The minimum Gasteiger partial charge on any atom is -0.497 e. The van der Waals surface area contributed by atoms with Crippen LogP contribution in [-0.2, 0) is 11.2 Å². The van der Waals surface area contributed by atoms with Crippen LogP contribution in [0, 0.1) is 0 Å². The molecule has 2 heterocycles. The van der Waals surface area contributed by atoms with E-state index in [1.807, 2.05) is 47.4 Å². The van der Waals surface area contributed by atoms with E-state index in [4.69, 9.17) is 9.47 Å². The van der Waals surface area contributed by atoms with Crippen LogP contribution >= 0.6 is 11.3 Å². The molecule has 1 aliphatic heterocycles. The fourth-order valence-corrected chi connectivity index (χ4v) is 4.22. The number of likely N-dealkylation sites (tertiary alicyclic amines) is 1. The van der Waals surface area contributed by atoms with Crippen molar-refractivity contribution in [2.24, 2.45) is 0 Å². The molecular weight excluding hydrogens is 360 g/mol. The fourth-order valence-electron chi connectivity index (χ4n) is 3.34. The van der Waals surface area contributed by atoms with Crippen LogP contribution in [0.3, 0.4) is 0 Å². The maximum Gasteiger partial charge on any atom is 0.274 e. The standard InChI is InChI=1S/C21H22N2O3S/c1-25-17-6-4-5-15(13-17)14-20(24)23-11-9-16(10-12-23)26-21-22-18-7-2-3-8-19(18)27-21/h2-8,13,16H,9-12,14H2,1H3. The summed E-state index contributed by atoms with van der Waals surface area (Å²) < 4.78 is 12.4. The number of fused-ring (bicyclic) bond motifs is 1. The summed E-state index contributed by atoms with van der Waals surface area (Å²) in [6.07, 6.45) is 2.19. The second kappa shape index (κ2) is 7.96. The molecule has 1 aromatic heterocycles. The Hall–Kier alpha value is -2.60. The van der Waals surface area contributed by atoms with Gasteiger partial charge in [-0.1, -0.05) is 35.6 Å². The lowest BCUT2D eigenvalue weighted by Gasteiger charge is -2.31. The van der Waals surface area contributed by atoms with Crippen molar-refractivity contribution in [3.05, 3.63) is 54.1 Å². The van der Waals surface area contributed by atoms with Crippen LogP contribution in [0.25, 0.3) is 10.2 Å². The molecular formula is C21H22N2O3S. The highest BCUT2D eigenvalue weighted by Crippen LogP contribution is 2.29. The molecule has 27 heavy (non-hydrogen) atoms. The number of para-hydroxylation sites is 1. The molecule has 1 saturated heterocycles. The monoisotopic (exact) mass is 382 g/mol. The first-order chi connectivity index (χ1) is 13.2. The van der Waals surface area contributed by atoms with E-state index in [9.17, 15) is 4.79 Å². The van der Waals surface area contributed by atoms with Crippen LogP contribution < -0.4 is 9.47 Å². The van der Waals surface area contributed by atoms with E-state index in [1.54, 1.807) is 18.4 Å². The van der Waals surface area contributed by atoms with Crippen molar-refractivity contribution < 1.29 is 14.3 Å².